The SMILES string of the molecule is O=C(O)COc1ccc(SCC=C(c2ccc(I)cc2)c2ccc(I)cc2)c(I)c1. The fourth-order valence-corrected chi connectivity index (χ4v) is 5.17. The third-order valence-electron chi connectivity index (χ3n) is 4.10. The monoisotopic (exact) mass is 754 g/mol. The largest absolute Gasteiger partial charge is 0.482 e. The van der Waals surface area contributed by atoms with Crippen molar-refractivity contribution in [2.24, 2.45) is 0 Å². The van der Waals surface area contributed by atoms with Crippen molar-refractivity contribution in [3.8, 4) is 5.75 Å². The van der Waals surface area contributed by atoms with Crippen molar-refractivity contribution in [2.45, 2.75) is 4.90 Å². The third kappa shape index (κ3) is 7.13. The van der Waals surface area contributed by atoms with Gasteiger partial charge >= 0.3 is 5.97 Å². The van der Waals surface area contributed by atoms with Crippen molar-refractivity contribution >= 4 is 91.1 Å². The van der Waals surface area contributed by atoms with E-state index >= 15 is 0 Å². The highest BCUT2D eigenvalue weighted by Crippen LogP contribution is 2.30. The zero-order valence-electron chi connectivity index (χ0n) is 15.6. The number of carboxylic acid groups (broad SMARTS) is 1. The summed E-state index contributed by atoms with van der Waals surface area (Å²) in [6, 6.07) is 22.8. The maximum atomic E-state index is 10.7. The molecule has 0 saturated heterocycles. The molecule has 3 nitrogen and oxygen atoms in total. The number of hydrogen-bond donors (Lipinski definition) is 1. The lowest BCUT2D eigenvalue weighted by Gasteiger charge is -2.11. The van der Waals surface area contributed by atoms with Crippen LogP contribution in [0.15, 0.2) is 77.7 Å². The lowest BCUT2D eigenvalue weighted by atomic mass is 9.98. The smallest absolute Gasteiger partial charge is 0.341 e. The van der Waals surface area contributed by atoms with E-state index in [-0.39, 0.29) is 6.61 Å². The Morgan fingerprint density at radius 2 is 1.47 bits per heavy atom. The summed E-state index contributed by atoms with van der Waals surface area (Å²) in [6.45, 7) is -0.333. The molecule has 0 radical (unpaired) electrons. The molecule has 0 saturated carbocycles. The highest BCUT2D eigenvalue weighted by Gasteiger charge is 2.08. The summed E-state index contributed by atoms with van der Waals surface area (Å²) in [5, 5.41) is 8.75. The van der Waals surface area contributed by atoms with Crippen LogP contribution in [0.4, 0.5) is 0 Å². The van der Waals surface area contributed by atoms with Crippen molar-refractivity contribution in [3.63, 3.8) is 0 Å². The first kappa shape index (κ1) is 23.9. The van der Waals surface area contributed by atoms with Gasteiger partial charge in [-0.05, 0) is 127 Å². The summed E-state index contributed by atoms with van der Waals surface area (Å²) in [4.78, 5) is 11.8. The Hall–Kier alpha value is -0.790. The van der Waals surface area contributed by atoms with Gasteiger partial charge in [0.1, 0.15) is 5.75 Å². The van der Waals surface area contributed by atoms with E-state index in [1.807, 2.05) is 18.2 Å². The maximum Gasteiger partial charge on any atom is 0.341 e. The molecule has 1 N–H and O–H groups in total. The molecule has 0 aromatic heterocycles. The van der Waals surface area contributed by atoms with Crippen molar-refractivity contribution in [1.82, 2.24) is 0 Å². The van der Waals surface area contributed by atoms with Gasteiger partial charge in [-0.15, -0.1) is 11.8 Å². The summed E-state index contributed by atoms with van der Waals surface area (Å²) < 4.78 is 8.73. The normalized spacial score (nSPS) is 10.5. The van der Waals surface area contributed by atoms with Gasteiger partial charge in [0.15, 0.2) is 6.61 Å². The Morgan fingerprint density at radius 1 is 0.900 bits per heavy atom. The van der Waals surface area contributed by atoms with Gasteiger partial charge in [-0.2, -0.15) is 0 Å². The first-order valence-electron chi connectivity index (χ1n) is 8.91. The average Bonchev–Trinajstić information content (AvgIpc) is 2.72. The number of carboxylic acids is 1. The van der Waals surface area contributed by atoms with Gasteiger partial charge in [0.05, 0.1) is 0 Å². The molecular weight excluding hydrogens is 737 g/mol. The Bertz CT molecular complexity index is 1000. The fraction of sp³-hybridized carbons (Fsp3) is 0.0870. The van der Waals surface area contributed by atoms with Gasteiger partial charge < -0.3 is 9.84 Å². The molecule has 0 spiro atoms. The second-order valence-corrected chi connectivity index (χ2v) is 10.9. The third-order valence-corrected chi connectivity index (χ3v) is 7.80. The molecule has 3 aromatic carbocycles. The Kier molecular flexibility index (Phi) is 9.33. The molecule has 0 atom stereocenters. The van der Waals surface area contributed by atoms with Gasteiger partial charge in [-0.1, -0.05) is 30.3 Å². The molecule has 3 aromatic rings. The van der Waals surface area contributed by atoms with E-state index in [2.05, 4.69) is 122 Å². The van der Waals surface area contributed by atoms with Crippen molar-refractivity contribution in [3.05, 3.63) is 94.6 Å². The van der Waals surface area contributed by atoms with Crippen LogP contribution in [-0.4, -0.2) is 23.4 Å². The van der Waals surface area contributed by atoms with Crippen LogP contribution in [0.2, 0.25) is 0 Å². The van der Waals surface area contributed by atoms with Crippen molar-refractivity contribution < 1.29 is 14.6 Å². The van der Waals surface area contributed by atoms with Crippen LogP contribution in [0.3, 0.4) is 0 Å². The quantitative estimate of drug-likeness (QED) is 0.196. The standard InChI is InChI=1S/C23H17I3O3S/c24-17-5-1-15(2-6-17)20(16-3-7-18(25)8-4-16)11-12-30-22-10-9-19(13-21(22)26)29-14-23(27)28/h1-11,13H,12,14H2,(H,27,28). The Labute approximate surface area is 221 Å². The van der Waals surface area contributed by atoms with Crippen LogP contribution in [0.25, 0.3) is 5.57 Å². The molecule has 7 heteroatoms. The molecule has 3 rings (SSSR count). The van der Waals surface area contributed by atoms with E-state index in [0.717, 1.165) is 14.2 Å². The highest BCUT2D eigenvalue weighted by molar-refractivity contribution is 14.1. The van der Waals surface area contributed by atoms with Crippen LogP contribution in [0.5, 0.6) is 5.75 Å². The van der Waals surface area contributed by atoms with Gasteiger partial charge in [0.25, 0.3) is 0 Å². The molecule has 0 unspecified atom stereocenters. The lowest BCUT2D eigenvalue weighted by Crippen LogP contribution is -2.09. The molecular formula is C23H17I3O3S. The van der Waals surface area contributed by atoms with Crippen LogP contribution in [0.1, 0.15) is 11.1 Å². The van der Waals surface area contributed by atoms with Crippen molar-refractivity contribution in [1.29, 1.82) is 0 Å². The van der Waals surface area contributed by atoms with Crippen molar-refractivity contribution in [2.75, 3.05) is 12.4 Å². The van der Waals surface area contributed by atoms with Gasteiger partial charge in [-0.25, -0.2) is 4.79 Å². The summed E-state index contributed by atoms with van der Waals surface area (Å²) >= 11 is 8.65. The number of thioether (sulfide) groups is 1. The highest BCUT2D eigenvalue weighted by atomic mass is 127. The van der Waals surface area contributed by atoms with E-state index in [4.69, 9.17) is 9.84 Å². The molecule has 0 bridgehead atoms. The number of carbonyl (C=O) groups is 1. The average molecular weight is 754 g/mol. The Morgan fingerprint density at radius 3 is 1.97 bits per heavy atom. The molecule has 0 fully saturated rings. The number of ether oxygens (including phenoxy) is 1. The summed E-state index contributed by atoms with van der Waals surface area (Å²) in [6.07, 6.45) is 2.26. The number of rotatable bonds is 8. The van der Waals surface area contributed by atoms with E-state index in [9.17, 15) is 4.79 Å². The van der Waals surface area contributed by atoms with E-state index in [1.165, 1.54) is 23.8 Å². The van der Waals surface area contributed by atoms with Gasteiger partial charge in [0.2, 0.25) is 0 Å². The predicted molar refractivity (Wildman–Crippen MR) is 148 cm³/mol. The minimum absolute atomic E-state index is 0.333. The topological polar surface area (TPSA) is 46.5 Å². The molecule has 0 aliphatic carbocycles. The first-order valence-corrected chi connectivity index (χ1v) is 13.1. The van der Waals surface area contributed by atoms with E-state index in [1.54, 1.807) is 11.8 Å². The van der Waals surface area contributed by atoms with Crippen LogP contribution >= 0.6 is 79.5 Å². The van der Waals surface area contributed by atoms with E-state index in [0.29, 0.717) is 5.75 Å². The maximum absolute atomic E-state index is 10.7. The number of aliphatic carboxylic acids is 1. The number of hydrogen-bond acceptors (Lipinski definition) is 3. The zero-order valence-corrected chi connectivity index (χ0v) is 22.9. The summed E-state index contributed by atoms with van der Waals surface area (Å²) in [5.74, 6) is 0.408. The van der Waals surface area contributed by atoms with Gasteiger partial charge in [0, 0.05) is 21.4 Å². The molecule has 0 aliphatic rings. The number of halogens is 3. The minimum atomic E-state index is -0.979. The second-order valence-electron chi connectivity index (χ2n) is 6.22. The first-order chi connectivity index (χ1) is 14.4. The lowest BCUT2D eigenvalue weighted by molar-refractivity contribution is -0.139. The van der Waals surface area contributed by atoms with E-state index < -0.39 is 5.97 Å². The van der Waals surface area contributed by atoms with Crippen LogP contribution in [0, 0.1) is 10.7 Å². The number of benzene rings is 3. The molecule has 154 valence electrons. The molecule has 30 heavy (non-hydrogen) atoms. The van der Waals surface area contributed by atoms with Crippen LogP contribution < -0.4 is 4.74 Å². The predicted octanol–water partition coefficient (Wildman–Crippen LogP) is 7.19. The zero-order chi connectivity index (χ0) is 21.5. The minimum Gasteiger partial charge on any atom is -0.482 e. The summed E-state index contributed by atoms with van der Waals surface area (Å²) in [7, 11) is 0. The Balaban J connectivity index is 1.78. The molecule has 0 heterocycles. The second kappa shape index (κ2) is 11.7. The summed E-state index contributed by atoms with van der Waals surface area (Å²) in [5.41, 5.74) is 3.61. The molecule has 0 amide bonds. The fourth-order valence-electron chi connectivity index (χ4n) is 2.71. The molecule has 0 aliphatic heterocycles. The van der Waals surface area contributed by atoms with Gasteiger partial charge in [-0.3, -0.25) is 0 Å². The van der Waals surface area contributed by atoms with Crippen LogP contribution in [-0.2, 0) is 4.79 Å².